The fourth-order valence-electron chi connectivity index (χ4n) is 2.45. The van der Waals surface area contributed by atoms with Crippen LogP contribution in [-0.4, -0.2) is 24.3 Å². The van der Waals surface area contributed by atoms with Gasteiger partial charge in [-0.1, -0.05) is 13.8 Å². The summed E-state index contributed by atoms with van der Waals surface area (Å²) in [5.74, 6) is -3.47. The molecule has 1 aliphatic rings. The summed E-state index contributed by atoms with van der Waals surface area (Å²) in [6.45, 7) is 3.76. The summed E-state index contributed by atoms with van der Waals surface area (Å²) in [7, 11) is 0. The van der Waals surface area contributed by atoms with Crippen molar-refractivity contribution in [2.75, 3.05) is 13.2 Å². The van der Waals surface area contributed by atoms with Gasteiger partial charge >= 0.3 is 5.97 Å². The third-order valence-electron chi connectivity index (χ3n) is 3.29. The summed E-state index contributed by atoms with van der Waals surface area (Å²) >= 11 is 0. The summed E-state index contributed by atoms with van der Waals surface area (Å²) in [4.78, 5) is 10.7. The largest absolute Gasteiger partial charge is 0.486 e. The second-order valence-corrected chi connectivity index (χ2v) is 5.97. The number of ether oxygens (including phenoxy) is 2. The number of benzene rings is 1. The molecule has 1 heterocycles. The molecule has 1 aliphatic heterocycles. The molecule has 0 atom stereocenters. The van der Waals surface area contributed by atoms with Crippen LogP contribution in [0, 0.1) is 5.41 Å². The highest BCUT2D eigenvalue weighted by Crippen LogP contribution is 2.44. The Kier molecular flexibility index (Phi) is 4.07. The summed E-state index contributed by atoms with van der Waals surface area (Å²) in [5.41, 5.74) is -1.20. The van der Waals surface area contributed by atoms with E-state index in [0.717, 1.165) is 0 Å². The molecule has 0 aromatic heterocycles. The molecule has 0 amide bonds. The van der Waals surface area contributed by atoms with Gasteiger partial charge in [-0.3, -0.25) is 4.79 Å². The number of carbonyl (C=O) groups is 1. The number of hydrogen-bond donors (Lipinski definition) is 1. The third kappa shape index (κ3) is 3.83. The van der Waals surface area contributed by atoms with E-state index in [9.17, 15) is 13.6 Å². The molecule has 0 bridgehead atoms. The monoisotopic (exact) mass is 300 g/mol. The van der Waals surface area contributed by atoms with Crippen LogP contribution in [0.3, 0.4) is 0 Å². The molecule has 0 unspecified atom stereocenters. The Morgan fingerprint density at radius 1 is 1.24 bits per heavy atom. The van der Waals surface area contributed by atoms with E-state index in [1.54, 1.807) is 0 Å². The molecule has 0 spiro atoms. The zero-order chi connectivity index (χ0) is 15.7. The molecule has 21 heavy (non-hydrogen) atoms. The standard InChI is InChI=1S/C15H18F2O4/c1-14(2,8-13(18)19)9-15(16,17)10-3-4-11-12(7-10)21-6-5-20-11/h3-4,7H,5-6,8-9H2,1-2H3,(H,18,19). The van der Waals surface area contributed by atoms with Crippen LogP contribution < -0.4 is 9.47 Å². The summed E-state index contributed by atoms with van der Waals surface area (Å²) < 4.78 is 39.4. The predicted molar refractivity (Wildman–Crippen MR) is 72.0 cm³/mol. The Bertz CT molecular complexity index is 540. The van der Waals surface area contributed by atoms with Crippen LogP contribution in [0.25, 0.3) is 0 Å². The first kappa shape index (κ1) is 15.5. The average Bonchev–Trinajstić information content (AvgIpc) is 2.35. The van der Waals surface area contributed by atoms with Crippen LogP contribution in [0.2, 0.25) is 0 Å². The molecular weight excluding hydrogens is 282 g/mol. The van der Waals surface area contributed by atoms with E-state index >= 15 is 0 Å². The van der Waals surface area contributed by atoms with Gasteiger partial charge in [0.15, 0.2) is 11.5 Å². The Labute approximate surface area is 121 Å². The first-order valence-electron chi connectivity index (χ1n) is 6.69. The van der Waals surface area contributed by atoms with Crippen molar-refractivity contribution in [3.8, 4) is 11.5 Å². The summed E-state index contributed by atoms with van der Waals surface area (Å²) in [6.07, 6.45) is -0.862. The minimum atomic E-state index is -3.13. The Hall–Kier alpha value is -1.85. The minimum Gasteiger partial charge on any atom is -0.486 e. The van der Waals surface area contributed by atoms with Crippen molar-refractivity contribution >= 4 is 5.97 Å². The molecule has 1 N–H and O–H groups in total. The topological polar surface area (TPSA) is 55.8 Å². The number of carboxylic acid groups (broad SMARTS) is 1. The lowest BCUT2D eigenvalue weighted by Gasteiger charge is -2.29. The third-order valence-corrected chi connectivity index (χ3v) is 3.29. The second-order valence-electron chi connectivity index (χ2n) is 5.97. The highest BCUT2D eigenvalue weighted by Gasteiger charge is 2.40. The van der Waals surface area contributed by atoms with Crippen LogP contribution in [0.15, 0.2) is 18.2 Å². The highest BCUT2D eigenvalue weighted by atomic mass is 19.3. The van der Waals surface area contributed by atoms with Crippen molar-refractivity contribution in [1.82, 2.24) is 0 Å². The molecule has 0 saturated heterocycles. The van der Waals surface area contributed by atoms with Crippen LogP contribution in [0.1, 0.15) is 32.3 Å². The molecule has 0 saturated carbocycles. The summed E-state index contributed by atoms with van der Waals surface area (Å²) in [5, 5.41) is 8.79. The van der Waals surface area contributed by atoms with Crippen LogP contribution in [-0.2, 0) is 10.7 Å². The highest BCUT2D eigenvalue weighted by molar-refractivity contribution is 5.67. The van der Waals surface area contributed by atoms with Gasteiger partial charge in [0.05, 0.1) is 6.42 Å². The Balaban J connectivity index is 2.20. The zero-order valence-electron chi connectivity index (χ0n) is 12.0. The Morgan fingerprint density at radius 3 is 2.48 bits per heavy atom. The molecule has 0 aliphatic carbocycles. The molecule has 2 rings (SSSR count). The van der Waals surface area contributed by atoms with Crippen LogP contribution in [0.4, 0.5) is 8.78 Å². The maximum absolute atomic E-state index is 14.4. The van der Waals surface area contributed by atoms with Crippen LogP contribution in [0.5, 0.6) is 11.5 Å². The lowest BCUT2D eigenvalue weighted by Crippen LogP contribution is -2.27. The molecular formula is C15H18F2O4. The van der Waals surface area contributed by atoms with Crippen LogP contribution >= 0.6 is 0 Å². The fraction of sp³-hybridized carbons (Fsp3) is 0.533. The maximum Gasteiger partial charge on any atom is 0.303 e. The number of carboxylic acids is 1. The number of hydrogen-bond acceptors (Lipinski definition) is 3. The predicted octanol–water partition coefficient (Wildman–Crippen LogP) is 3.44. The van der Waals surface area contributed by atoms with Crippen molar-refractivity contribution in [2.45, 2.75) is 32.6 Å². The number of alkyl halides is 2. The van der Waals surface area contributed by atoms with Crippen molar-refractivity contribution in [1.29, 1.82) is 0 Å². The maximum atomic E-state index is 14.4. The van der Waals surface area contributed by atoms with Gasteiger partial charge in [0.2, 0.25) is 0 Å². The van der Waals surface area contributed by atoms with Crippen molar-refractivity contribution < 1.29 is 28.2 Å². The van der Waals surface area contributed by atoms with E-state index < -0.39 is 23.7 Å². The van der Waals surface area contributed by atoms with Crippen molar-refractivity contribution in [3.05, 3.63) is 23.8 Å². The average molecular weight is 300 g/mol. The van der Waals surface area contributed by atoms with Gasteiger partial charge in [-0.25, -0.2) is 8.78 Å². The number of aliphatic carboxylic acids is 1. The van der Waals surface area contributed by atoms with Gasteiger partial charge in [-0.05, 0) is 23.6 Å². The van der Waals surface area contributed by atoms with Gasteiger partial charge in [0, 0.05) is 12.0 Å². The van der Waals surface area contributed by atoms with Gasteiger partial charge in [0.25, 0.3) is 5.92 Å². The molecule has 4 nitrogen and oxygen atoms in total. The van der Waals surface area contributed by atoms with Gasteiger partial charge < -0.3 is 14.6 Å². The lowest BCUT2D eigenvalue weighted by molar-refractivity contribution is -0.140. The molecule has 6 heteroatoms. The van der Waals surface area contributed by atoms with E-state index in [1.807, 2.05) is 0 Å². The quantitative estimate of drug-likeness (QED) is 0.905. The molecule has 116 valence electrons. The van der Waals surface area contributed by atoms with Gasteiger partial charge in [-0.2, -0.15) is 0 Å². The molecule has 1 aromatic carbocycles. The van der Waals surface area contributed by atoms with E-state index in [0.29, 0.717) is 24.7 Å². The lowest BCUT2D eigenvalue weighted by atomic mass is 9.81. The smallest absolute Gasteiger partial charge is 0.303 e. The van der Waals surface area contributed by atoms with Crippen molar-refractivity contribution in [2.24, 2.45) is 5.41 Å². The first-order chi connectivity index (χ1) is 9.70. The Morgan fingerprint density at radius 2 is 1.86 bits per heavy atom. The fourth-order valence-corrected chi connectivity index (χ4v) is 2.45. The van der Waals surface area contributed by atoms with Gasteiger partial charge in [-0.15, -0.1) is 0 Å². The van der Waals surface area contributed by atoms with E-state index in [2.05, 4.69) is 0 Å². The first-order valence-corrected chi connectivity index (χ1v) is 6.69. The normalized spacial score (nSPS) is 14.9. The number of halogens is 2. The zero-order valence-corrected chi connectivity index (χ0v) is 12.0. The van der Waals surface area contributed by atoms with Gasteiger partial charge in [0.1, 0.15) is 13.2 Å². The van der Waals surface area contributed by atoms with Crippen molar-refractivity contribution in [3.63, 3.8) is 0 Å². The van der Waals surface area contributed by atoms with E-state index in [-0.39, 0.29) is 12.0 Å². The molecule has 1 aromatic rings. The minimum absolute atomic E-state index is 0.190. The molecule has 0 radical (unpaired) electrons. The number of rotatable bonds is 5. The molecule has 0 fully saturated rings. The SMILES string of the molecule is CC(C)(CC(=O)O)CC(F)(F)c1ccc2c(c1)OCCO2. The number of fused-ring (bicyclic) bond motifs is 1. The van der Waals surface area contributed by atoms with E-state index in [4.69, 9.17) is 14.6 Å². The second kappa shape index (κ2) is 5.50. The van der Waals surface area contributed by atoms with E-state index in [1.165, 1.54) is 32.0 Å². The summed E-state index contributed by atoms with van der Waals surface area (Å²) in [6, 6.07) is 4.03.